The summed E-state index contributed by atoms with van der Waals surface area (Å²) in [5.41, 5.74) is 4.85. The van der Waals surface area contributed by atoms with Crippen molar-refractivity contribution in [3.05, 3.63) is 44.9 Å². The van der Waals surface area contributed by atoms with Crippen LogP contribution in [0, 0.1) is 20.8 Å². The molecule has 0 aliphatic heterocycles. The largest absolute Gasteiger partial charge is 0.377 e. The van der Waals surface area contributed by atoms with Gasteiger partial charge in [-0.15, -0.1) is 11.3 Å². The van der Waals surface area contributed by atoms with Crippen molar-refractivity contribution in [3.63, 3.8) is 0 Å². The van der Waals surface area contributed by atoms with Gasteiger partial charge in [0.25, 0.3) is 0 Å². The molecule has 1 heterocycles. The standard InChI is InChI=1S/C20H31N5S/c1-7-21-20(22-11-10-19-24-15(3)16(4)26-19)23-13-17-9-8-14(2)12-18(17)25(5)6/h8-9,12H,7,10-11,13H2,1-6H3,(H2,21,22,23). The number of aryl methyl sites for hydroxylation is 3. The molecule has 2 aromatic rings. The summed E-state index contributed by atoms with van der Waals surface area (Å²) in [5.74, 6) is 0.850. The lowest BCUT2D eigenvalue weighted by atomic mass is 10.1. The SMILES string of the molecule is CCNC(=NCc1ccc(C)cc1N(C)C)NCCc1nc(C)c(C)s1. The molecule has 0 saturated carbocycles. The number of aliphatic imine (C=N–C) groups is 1. The van der Waals surface area contributed by atoms with E-state index in [0.29, 0.717) is 6.54 Å². The number of anilines is 1. The van der Waals surface area contributed by atoms with Crippen LogP contribution in [-0.2, 0) is 13.0 Å². The highest BCUT2D eigenvalue weighted by atomic mass is 32.1. The van der Waals surface area contributed by atoms with E-state index in [9.17, 15) is 0 Å². The monoisotopic (exact) mass is 373 g/mol. The molecule has 0 aliphatic carbocycles. The molecule has 0 fully saturated rings. The number of thiazole rings is 1. The van der Waals surface area contributed by atoms with Gasteiger partial charge in [-0.25, -0.2) is 9.98 Å². The van der Waals surface area contributed by atoms with Gasteiger partial charge in [0.15, 0.2) is 5.96 Å². The predicted octanol–water partition coefficient (Wildman–Crippen LogP) is 3.43. The molecule has 1 aromatic carbocycles. The summed E-state index contributed by atoms with van der Waals surface area (Å²) in [6, 6.07) is 6.52. The van der Waals surface area contributed by atoms with E-state index in [4.69, 9.17) is 4.99 Å². The summed E-state index contributed by atoms with van der Waals surface area (Å²) in [6.07, 6.45) is 0.914. The molecule has 0 spiro atoms. The van der Waals surface area contributed by atoms with Gasteiger partial charge < -0.3 is 15.5 Å². The van der Waals surface area contributed by atoms with E-state index < -0.39 is 0 Å². The minimum Gasteiger partial charge on any atom is -0.377 e. The minimum atomic E-state index is 0.651. The molecule has 1 aromatic heterocycles. The fraction of sp³-hybridized carbons (Fsp3) is 0.500. The van der Waals surface area contributed by atoms with Crippen molar-refractivity contribution in [2.75, 3.05) is 32.1 Å². The number of benzene rings is 1. The first-order valence-electron chi connectivity index (χ1n) is 9.12. The van der Waals surface area contributed by atoms with Crippen LogP contribution in [0.15, 0.2) is 23.2 Å². The van der Waals surface area contributed by atoms with Gasteiger partial charge in [0.05, 0.1) is 17.2 Å². The van der Waals surface area contributed by atoms with Gasteiger partial charge in [-0.3, -0.25) is 0 Å². The van der Waals surface area contributed by atoms with Crippen LogP contribution in [-0.4, -0.2) is 38.1 Å². The molecule has 5 nitrogen and oxygen atoms in total. The van der Waals surface area contributed by atoms with Crippen LogP contribution in [0.5, 0.6) is 0 Å². The second kappa shape index (κ2) is 9.57. The second-order valence-corrected chi connectivity index (χ2v) is 7.94. The maximum Gasteiger partial charge on any atom is 0.191 e. The Morgan fingerprint density at radius 3 is 2.58 bits per heavy atom. The van der Waals surface area contributed by atoms with Gasteiger partial charge >= 0.3 is 0 Å². The fourth-order valence-corrected chi connectivity index (χ4v) is 3.60. The van der Waals surface area contributed by atoms with Crippen LogP contribution < -0.4 is 15.5 Å². The summed E-state index contributed by atoms with van der Waals surface area (Å²) in [7, 11) is 4.15. The zero-order valence-electron chi connectivity index (χ0n) is 16.8. The zero-order valence-corrected chi connectivity index (χ0v) is 17.6. The fourth-order valence-electron chi connectivity index (χ4n) is 2.66. The predicted molar refractivity (Wildman–Crippen MR) is 114 cm³/mol. The number of rotatable bonds is 7. The number of hydrogen-bond donors (Lipinski definition) is 2. The van der Waals surface area contributed by atoms with Crippen LogP contribution >= 0.6 is 11.3 Å². The Morgan fingerprint density at radius 1 is 1.19 bits per heavy atom. The molecule has 0 bridgehead atoms. The van der Waals surface area contributed by atoms with Gasteiger partial charge in [0.2, 0.25) is 0 Å². The Hall–Kier alpha value is -2.08. The lowest BCUT2D eigenvalue weighted by Crippen LogP contribution is -2.38. The molecule has 0 atom stereocenters. The Balaban J connectivity index is 2.00. The Bertz CT molecular complexity index is 729. The third-order valence-corrected chi connectivity index (χ3v) is 5.31. The maximum absolute atomic E-state index is 4.76. The Labute approximate surface area is 161 Å². The molecule has 0 unspecified atom stereocenters. The molecule has 0 radical (unpaired) electrons. The Morgan fingerprint density at radius 2 is 1.96 bits per heavy atom. The van der Waals surface area contributed by atoms with Crippen molar-refractivity contribution in [1.29, 1.82) is 0 Å². The van der Waals surface area contributed by atoms with E-state index in [1.54, 1.807) is 11.3 Å². The number of hydrogen-bond acceptors (Lipinski definition) is 4. The van der Waals surface area contributed by atoms with Gasteiger partial charge in [-0.1, -0.05) is 12.1 Å². The van der Waals surface area contributed by atoms with Crippen LogP contribution in [0.25, 0.3) is 0 Å². The highest BCUT2D eigenvalue weighted by molar-refractivity contribution is 7.11. The molecule has 0 amide bonds. The van der Waals surface area contributed by atoms with E-state index in [2.05, 4.69) is 80.5 Å². The number of aromatic nitrogens is 1. The molecular formula is C20H31N5S. The van der Waals surface area contributed by atoms with Crippen LogP contribution in [0.3, 0.4) is 0 Å². The number of guanidine groups is 1. The molecule has 6 heteroatoms. The molecule has 142 valence electrons. The average Bonchev–Trinajstić information content (AvgIpc) is 2.91. The lowest BCUT2D eigenvalue weighted by molar-refractivity contribution is 0.795. The summed E-state index contributed by atoms with van der Waals surface area (Å²) < 4.78 is 0. The van der Waals surface area contributed by atoms with E-state index in [0.717, 1.165) is 31.2 Å². The summed E-state index contributed by atoms with van der Waals surface area (Å²) in [6.45, 7) is 10.7. The van der Waals surface area contributed by atoms with Gasteiger partial charge in [-0.2, -0.15) is 0 Å². The molecule has 0 saturated heterocycles. The van der Waals surface area contributed by atoms with Crippen LogP contribution in [0.2, 0.25) is 0 Å². The van der Waals surface area contributed by atoms with E-state index >= 15 is 0 Å². The van der Waals surface area contributed by atoms with Crippen LogP contribution in [0.4, 0.5) is 5.69 Å². The average molecular weight is 374 g/mol. The van der Waals surface area contributed by atoms with Gasteiger partial charge in [-0.05, 0) is 44.9 Å². The smallest absolute Gasteiger partial charge is 0.191 e. The summed E-state index contributed by atoms with van der Waals surface area (Å²) in [5, 5.41) is 7.92. The highest BCUT2D eigenvalue weighted by Crippen LogP contribution is 2.21. The van der Waals surface area contributed by atoms with Gasteiger partial charge in [0.1, 0.15) is 0 Å². The van der Waals surface area contributed by atoms with Crippen LogP contribution in [0.1, 0.15) is 33.6 Å². The topological polar surface area (TPSA) is 52.6 Å². The first-order valence-corrected chi connectivity index (χ1v) is 9.94. The first-order chi connectivity index (χ1) is 12.4. The van der Waals surface area contributed by atoms with Crippen molar-refractivity contribution in [2.45, 2.75) is 40.7 Å². The molecule has 2 N–H and O–H groups in total. The first kappa shape index (κ1) is 20.2. The highest BCUT2D eigenvalue weighted by Gasteiger charge is 2.06. The van der Waals surface area contributed by atoms with E-state index in [-0.39, 0.29) is 0 Å². The lowest BCUT2D eigenvalue weighted by Gasteiger charge is -2.18. The normalized spacial score (nSPS) is 11.5. The zero-order chi connectivity index (χ0) is 19.1. The number of nitrogens with zero attached hydrogens (tertiary/aromatic N) is 3. The number of nitrogens with one attached hydrogen (secondary N) is 2. The van der Waals surface area contributed by atoms with Crippen molar-refractivity contribution >= 4 is 23.0 Å². The van der Waals surface area contributed by atoms with Crippen molar-refractivity contribution in [3.8, 4) is 0 Å². The third-order valence-electron chi connectivity index (χ3n) is 4.18. The van der Waals surface area contributed by atoms with E-state index in [1.807, 2.05) is 0 Å². The second-order valence-electron chi connectivity index (χ2n) is 6.65. The summed E-state index contributed by atoms with van der Waals surface area (Å²) in [4.78, 5) is 12.8. The van der Waals surface area contributed by atoms with E-state index in [1.165, 1.54) is 26.7 Å². The minimum absolute atomic E-state index is 0.651. The molecule has 26 heavy (non-hydrogen) atoms. The quantitative estimate of drug-likeness (QED) is 0.577. The van der Waals surface area contributed by atoms with Crippen molar-refractivity contribution in [1.82, 2.24) is 15.6 Å². The third kappa shape index (κ3) is 5.73. The molecular weight excluding hydrogens is 342 g/mol. The Kier molecular flexibility index (Phi) is 7.45. The molecule has 2 rings (SSSR count). The van der Waals surface area contributed by atoms with Crippen molar-refractivity contribution in [2.24, 2.45) is 4.99 Å². The maximum atomic E-state index is 4.76. The van der Waals surface area contributed by atoms with Gasteiger partial charge in [0, 0.05) is 44.2 Å². The molecule has 0 aliphatic rings. The summed E-state index contributed by atoms with van der Waals surface area (Å²) >= 11 is 1.78. The van der Waals surface area contributed by atoms with Crippen molar-refractivity contribution < 1.29 is 0 Å².